The van der Waals surface area contributed by atoms with E-state index in [-0.39, 0.29) is 0 Å². The average Bonchev–Trinajstić information content (AvgIpc) is 2.98. The van der Waals surface area contributed by atoms with Gasteiger partial charge in [0.1, 0.15) is 0 Å². The van der Waals surface area contributed by atoms with Crippen molar-refractivity contribution in [1.29, 1.82) is 0 Å². The van der Waals surface area contributed by atoms with E-state index >= 15 is 0 Å². The molecule has 0 atom stereocenters. The average molecular weight is 214 g/mol. The number of hydrogen-bond acceptors (Lipinski definition) is 2. The van der Waals surface area contributed by atoms with E-state index in [4.69, 9.17) is 0 Å². The van der Waals surface area contributed by atoms with Crippen LogP contribution in [0.3, 0.4) is 0 Å². The second-order valence-electron chi connectivity index (χ2n) is 3.50. The summed E-state index contributed by atoms with van der Waals surface area (Å²) in [6, 6.07) is 13.4. The maximum atomic E-state index is 2.25. The lowest BCUT2D eigenvalue weighted by atomic mass is 10.2. The van der Waals surface area contributed by atoms with Crippen LogP contribution in [0.2, 0.25) is 0 Å². The summed E-state index contributed by atoms with van der Waals surface area (Å²) in [6.07, 6.45) is 0. The molecule has 0 radical (unpaired) electrons. The van der Waals surface area contributed by atoms with Crippen LogP contribution < -0.4 is 0 Å². The number of rotatable bonds is 0. The standard InChI is InChI=1S/C12H6S2/c1-3-8-4-2-7(1)9-5-6-10(13-8)12-11(9)14-12/h1-6H. The van der Waals surface area contributed by atoms with Gasteiger partial charge in [0, 0.05) is 19.2 Å². The zero-order valence-corrected chi connectivity index (χ0v) is 8.91. The second kappa shape index (κ2) is 2.33. The SMILES string of the molecule is c1cc2ccc1sc1ccc2c2c1S2. The van der Waals surface area contributed by atoms with Crippen molar-refractivity contribution >= 4 is 43.3 Å². The third kappa shape index (κ3) is 0.851. The fourth-order valence-electron chi connectivity index (χ4n) is 1.86. The van der Waals surface area contributed by atoms with Crippen LogP contribution in [-0.2, 0) is 0 Å². The van der Waals surface area contributed by atoms with E-state index < -0.39 is 0 Å². The van der Waals surface area contributed by atoms with Gasteiger partial charge in [-0.1, -0.05) is 30.0 Å². The van der Waals surface area contributed by atoms with Crippen molar-refractivity contribution in [2.24, 2.45) is 0 Å². The van der Waals surface area contributed by atoms with Gasteiger partial charge in [-0.05, 0) is 29.0 Å². The Labute approximate surface area is 89.6 Å². The molecule has 6 aromatic rings. The molecule has 0 nitrogen and oxygen atoms in total. The zero-order chi connectivity index (χ0) is 9.12. The second-order valence-corrected chi connectivity index (χ2v) is 5.63. The predicted molar refractivity (Wildman–Crippen MR) is 63.5 cm³/mol. The molecule has 5 heterocycles. The van der Waals surface area contributed by atoms with Crippen molar-refractivity contribution in [2.75, 3.05) is 0 Å². The Morgan fingerprint density at radius 2 is 1.64 bits per heavy atom. The van der Waals surface area contributed by atoms with Gasteiger partial charge in [-0.3, -0.25) is 0 Å². The normalized spacial score (nSPS) is 13.4. The first-order valence-electron chi connectivity index (χ1n) is 4.55. The van der Waals surface area contributed by atoms with Crippen molar-refractivity contribution in [3.05, 3.63) is 36.4 Å². The van der Waals surface area contributed by atoms with Crippen LogP contribution in [0.15, 0.2) is 46.2 Å². The fourth-order valence-corrected chi connectivity index (χ4v) is 3.87. The smallest absolute Gasteiger partial charge is 0.0441 e. The lowest BCUT2D eigenvalue weighted by Gasteiger charge is -1.89. The Balaban J connectivity index is 2.49. The summed E-state index contributed by atoms with van der Waals surface area (Å²) in [4.78, 5) is 2.98. The van der Waals surface area contributed by atoms with E-state index in [1.165, 1.54) is 30.0 Å². The first-order chi connectivity index (χ1) is 6.92. The van der Waals surface area contributed by atoms with Crippen LogP contribution in [-0.4, -0.2) is 0 Å². The molecule has 0 saturated carbocycles. The summed E-state index contributed by atoms with van der Waals surface area (Å²) in [7, 11) is 0. The molecule has 1 aliphatic rings. The van der Waals surface area contributed by atoms with Crippen LogP contribution in [0.5, 0.6) is 0 Å². The molecule has 0 amide bonds. The van der Waals surface area contributed by atoms with Gasteiger partial charge in [0.25, 0.3) is 0 Å². The van der Waals surface area contributed by atoms with Crippen molar-refractivity contribution in [3.63, 3.8) is 0 Å². The van der Waals surface area contributed by atoms with Crippen molar-refractivity contribution in [1.82, 2.24) is 0 Å². The molecule has 2 heteroatoms. The van der Waals surface area contributed by atoms with Gasteiger partial charge in [0.05, 0.1) is 0 Å². The molecule has 66 valence electrons. The molecule has 2 aromatic carbocycles. The molecular formula is C12H6S2. The monoisotopic (exact) mass is 214 g/mol. The lowest BCUT2D eigenvalue weighted by Crippen LogP contribution is -1.64. The Morgan fingerprint density at radius 1 is 0.786 bits per heavy atom. The minimum atomic E-state index is 1.34. The van der Waals surface area contributed by atoms with Gasteiger partial charge in [0.2, 0.25) is 0 Å². The first kappa shape index (κ1) is 7.32. The van der Waals surface area contributed by atoms with E-state index in [0.717, 1.165) is 0 Å². The highest BCUT2D eigenvalue weighted by Crippen LogP contribution is 2.55. The molecule has 4 aromatic heterocycles. The molecule has 0 fully saturated rings. The predicted octanol–water partition coefficient (Wildman–Crippen LogP) is 4.52. The summed E-state index contributed by atoms with van der Waals surface area (Å²) in [5.74, 6) is 0. The molecule has 0 N–H and O–H groups in total. The maximum Gasteiger partial charge on any atom is 0.0441 e. The van der Waals surface area contributed by atoms with E-state index in [1.54, 1.807) is 0 Å². The molecule has 14 heavy (non-hydrogen) atoms. The Hall–Kier alpha value is -0.990. The molecule has 0 aliphatic carbocycles. The highest BCUT2D eigenvalue weighted by molar-refractivity contribution is 8.05. The van der Waals surface area contributed by atoms with Crippen LogP contribution in [0, 0.1) is 0 Å². The van der Waals surface area contributed by atoms with Crippen LogP contribution in [0.25, 0.3) is 20.2 Å². The first-order valence-corrected chi connectivity index (χ1v) is 6.18. The summed E-state index contributed by atoms with van der Waals surface area (Å²) >= 11 is 3.80. The third-order valence-electron chi connectivity index (χ3n) is 2.63. The molecule has 0 saturated heterocycles. The van der Waals surface area contributed by atoms with E-state index in [2.05, 4.69) is 36.4 Å². The fraction of sp³-hybridized carbons (Fsp3) is 0. The number of hydrogen-bond donors (Lipinski definition) is 0. The Bertz CT molecular complexity index is 644. The van der Waals surface area contributed by atoms with Crippen molar-refractivity contribution < 1.29 is 0 Å². The van der Waals surface area contributed by atoms with Crippen molar-refractivity contribution in [3.8, 4) is 0 Å². The van der Waals surface area contributed by atoms with E-state index in [9.17, 15) is 0 Å². The Morgan fingerprint density at radius 3 is 2.50 bits per heavy atom. The summed E-state index contributed by atoms with van der Waals surface area (Å²) in [6.45, 7) is 0. The highest BCUT2D eigenvalue weighted by atomic mass is 32.2. The molecule has 0 unspecified atom stereocenters. The van der Waals surface area contributed by atoms with Gasteiger partial charge >= 0.3 is 0 Å². The van der Waals surface area contributed by atoms with Gasteiger partial charge in [-0.15, -0.1) is 11.3 Å². The zero-order valence-electron chi connectivity index (χ0n) is 7.28. The highest BCUT2D eigenvalue weighted by Gasteiger charge is 2.23. The van der Waals surface area contributed by atoms with Crippen LogP contribution in [0.4, 0.5) is 0 Å². The molecule has 4 bridgehead atoms. The summed E-state index contributed by atoms with van der Waals surface area (Å²) < 4.78 is 2.76. The molecule has 7 rings (SSSR count). The molecular weight excluding hydrogens is 208 g/mol. The topological polar surface area (TPSA) is 0 Å². The quantitative estimate of drug-likeness (QED) is 0.388. The van der Waals surface area contributed by atoms with Crippen molar-refractivity contribution in [2.45, 2.75) is 9.79 Å². The van der Waals surface area contributed by atoms with Gasteiger partial charge in [0.15, 0.2) is 0 Å². The third-order valence-corrected chi connectivity index (χ3v) is 4.88. The Kier molecular flexibility index (Phi) is 1.22. The lowest BCUT2D eigenvalue weighted by molar-refractivity contribution is 1.51. The minimum absolute atomic E-state index is 1.34. The van der Waals surface area contributed by atoms with E-state index in [0.29, 0.717) is 0 Å². The molecule has 1 aliphatic heterocycles. The van der Waals surface area contributed by atoms with Gasteiger partial charge < -0.3 is 0 Å². The minimum Gasteiger partial charge on any atom is -0.135 e. The number of benzene rings is 2. The largest absolute Gasteiger partial charge is 0.135 e. The van der Waals surface area contributed by atoms with Gasteiger partial charge in [-0.2, -0.15) is 0 Å². The van der Waals surface area contributed by atoms with E-state index in [1.807, 2.05) is 23.1 Å². The summed E-state index contributed by atoms with van der Waals surface area (Å²) in [5.41, 5.74) is 0. The maximum absolute atomic E-state index is 2.25. The van der Waals surface area contributed by atoms with Crippen LogP contribution >= 0.6 is 23.1 Å². The van der Waals surface area contributed by atoms with Gasteiger partial charge in [-0.25, -0.2) is 0 Å². The van der Waals surface area contributed by atoms with Crippen LogP contribution in [0.1, 0.15) is 0 Å². The molecule has 0 spiro atoms. The summed E-state index contributed by atoms with van der Waals surface area (Å²) in [5, 5.41) is 2.76.